The van der Waals surface area contributed by atoms with E-state index in [1.165, 1.54) is 19.2 Å². The van der Waals surface area contributed by atoms with E-state index in [9.17, 15) is 18.3 Å². The van der Waals surface area contributed by atoms with E-state index in [-0.39, 0.29) is 16.7 Å². The molecule has 3 atom stereocenters. The molecule has 7 nitrogen and oxygen atoms in total. The highest BCUT2D eigenvalue weighted by molar-refractivity contribution is 7.89. The number of carbonyl (C=O) groups excluding carboxylic acids is 1. The first-order chi connectivity index (χ1) is 15.3. The Bertz CT molecular complexity index is 1040. The van der Waals surface area contributed by atoms with Crippen molar-refractivity contribution >= 4 is 15.9 Å². The lowest BCUT2D eigenvalue weighted by Gasteiger charge is -2.48. The summed E-state index contributed by atoms with van der Waals surface area (Å²) in [5.41, 5.74) is -0.126. The highest BCUT2D eigenvalue weighted by atomic mass is 32.2. The number of rotatable bonds is 6. The number of ether oxygens (including phenoxy) is 1. The molecule has 8 heteroatoms. The van der Waals surface area contributed by atoms with Gasteiger partial charge in [-0.1, -0.05) is 43.2 Å². The van der Waals surface area contributed by atoms with E-state index in [0.29, 0.717) is 30.8 Å². The van der Waals surface area contributed by atoms with Crippen LogP contribution in [0.5, 0.6) is 5.75 Å². The summed E-state index contributed by atoms with van der Waals surface area (Å²) >= 11 is 0. The van der Waals surface area contributed by atoms with Crippen LogP contribution in [0.2, 0.25) is 0 Å². The summed E-state index contributed by atoms with van der Waals surface area (Å²) in [6.45, 7) is 0.863. The van der Waals surface area contributed by atoms with Crippen LogP contribution in [-0.2, 0) is 14.8 Å². The van der Waals surface area contributed by atoms with Gasteiger partial charge in [-0.3, -0.25) is 4.79 Å². The molecule has 1 aliphatic carbocycles. The van der Waals surface area contributed by atoms with Crippen LogP contribution in [0.1, 0.15) is 43.7 Å². The molecule has 0 aromatic heterocycles. The average Bonchev–Trinajstić information content (AvgIpc) is 2.82. The van der Waals surface area contributed by atoms with Crippen molar-refractivity contribution in [2.24, 2.45) is 5.92 Å². The number of likely N-dealkylation sites (tertiary alicyclic amines) is 1. The van der Waals surface area contributed by atoms with Gasteiger partial charge in [0, 0.05) is 19.0 Å². The number of piperidine rings is 1. The largest absolute Gasteiger partial charge is 0.497 e. The molecule has 1 saturated heterocycles. The molecule has 172 valence electrons. The van der Waals surface area contributed by atoms with Crippen LogP contribution in [0.15, 0.2) is 59.5 Å². The van der Waals surface area contributed by atoms with Gasteiger partial charge in [-0.15, -0.1) is 0 Å². The molecular formula is C24H30N2O5S. The van der Waals surface area contributed by atoms with E-state index >= 15 is 0 Å². The number of benzene rings is 2. The van der Waals surface area contributed by atoms with E-state index in [0.717, 1.165) is 25.7 Å². The number of hydrogen-bond donors (Lipinski definition) is 2. The zero-order valence-electron chi connectivity index (χ0n) is 18.2. The fourth-order valence-electron chi connectivity index (χ4n) is 4.84. The fourth-order valence-corrected chi connectivity index (χ4v) is 6.02. The maximum absolute atomic E-state index is 13.6. The lowest BCUT2D eigenvalue weighted by molar-refractivity contribution is -0.145. The molecule has 1 heterocycles. The Labute approximate surface area is 189 Å². The van der Waals surface area contributed by atoms with E-state index < -0.39 is 21.7 Å². The van der Waals surface area contributed by atoms with Gasteiger partial charge in [0.25, 0.3) is 0 Å². The summed E-state index contributed by atoms with van der Waals surface area (Å²) in [7, 11) is -2.44. The molecule has 1 aliphatic heterocycles. The Hall–Kier alpha value is -2.42. The first-order valence-corrected chi connectivity index (χ1v) is 12.5. The van der Waals surface area contributed by atoms with Gasteiger partial charge in [0.2, 0.25) is 15.9 Å². The van der Waals surface area contributed by atoms with Crippen LogP contribution >= 0.6 is 0 Å². The molecule has 2 aromatic carbocycles. The maximum Gasteiger partial charge on any atom is 0.245 e. The standard InChI is InChI=1S/C24H30N2O5S/c1-31-20-10-12-21(13-11-20)32(29,30)25-22(18-7-3-2-4-8-18)23(27)26-16-15-24(28)14-6-5-9-19(24)17-26/h2-4,7-8,10-13,19,22,25,28H,5-6,9,14-17H2,1H3/t19?,22?,24-/m0/s1. The predicted molar refractivity (Wildman–Crippen MR) is 121 cm³/mol. The SMILES string of the molecule is COc1ccc(S(=O)(=O)NC(C(=O)N2CC[C@@]3(O)CCCCC3C2)c2ccccc2)cc1. The van der Waals surface area contributed by atoms with Gasteiger partial charge in [0.1, 0.15) is 11.8 Å². The summed E-state index contributed by atoms with van der Waals surface area (Å²) in [6, 6.07) is 13.9. The van der Waals surface area contributed by atoms with E-state index in [4.69, 9.17) is 4.74 Å². The molecule has 0 bridgehead atoms. The summed E-state index contributed by atoms with van der Waals surface area (Å²) in [4.78, 5) is 15.4. The maximum atomic E-state index is 13.6. The van der Waals surface area contributed by atoms with Gasteiger partial charge in [-0.05, 0) is 49.1 Å². The number of hydrogen-bond acceptors (Lipinski definition) is 5. The van der Waals surface area contributed by atoms with Crippen LogP contribution in [0.4, 0.5) is 0 Å². The highest BCUT2D eigenvalue weighted by Crippen LogP contribution is 2.40. The van der Waals surface area contributed by atoms with Crippen molar-refractivity contribution in [3.05, 3.63) is 60.2 Å². The Morgan fingerprint density at radius 2 is 1.84 bits per heavy atom. The van der Waals surface area contributed by atoms with Crippen molar-refractivity contribution in [1.29, 1.82) is 0 Å². The fraction of sp³-hybridized carbons (Fsp3) is 0.458. The van der Waals surface area contributed by atoms with Crippen molar-refractivity contribution < 1.29 is 23.1 Å². The van der Waals surface area contributed by atoms with Crippen molar-refractivity contribution in [2.45, 2.75) is 48.6 Å². The number of methoxy groups -OCH3 is 1. The third-order valence-corrected chi connectivity index (χ3v) is 8.20. The minimum absolute atomic E-state index is 0.0311. The molecule has 4 rings (SSSR count). The number of aliphatic hydroxyl groups is 1. The van der Waals surface area contributed by atoms with Crippen molar-refractivity contribution in [1.82, 2.24) is 9.62 Å². The van der Waals surface area contributed by atoms with Gasteiger partial charge < -0.3 is 14.7 Å². The molecule has 2 fully saturated rings. The van der Waals surface area contributed by atoms with E-state index in [1.807, 2.05) is 6.07 Å². The van der Waals surface area contributed by atoms with Crippen molar-refractivity contribution in [2.75, 3.05) is 20.2 Å². The average molecular weight is 459 g/mol. The van der Waals surface area contributed by atoms with Gasteiger partial charge in [0.05, 0.1) is 17.6 Å². The molecule has 2 unspecified atom stereocenters. The Kier molecular flexibility index (Phi) is 6.55. The summed E-state index contributed by atoms with van der Waals surface area (Å²) in [5, 5.41) is 11.0. The van der Waals surface area contributed by atoms with Gasteiger partial charge in [-0.25, -0.2) is 8.42 Å². The summed E-state index contributed by atoms with van der Waals surface area (Å²) < 4.78 is 34.0. The van der Waals surface area contributed by atoms with Crippen molar-refractivity contribution in [3.8, 4) is 5.75 Å². The summed E-state index contributed by atoms with van der Waals surface area (Å²) in [6.07, 6.45) is 4.23. The quantitative estimate of drug-likeness (QED) is 0.694. The first kappa shape index (κ1) is 22.8. The number of sulfonamides is 1. The van der Waals surface area contributed by atoms with E-state index in [1.54, 1.807) is 41.3 Å². The lowest BCUT2D eigenvalue weighted by Crippen LogP contribution is -2.56. The zero-order valence-corrected chi connectivity index (χ0v) is 19.1. The van der Waals surface area contributed by atoms with Gasteiger partial charge in [-0.2, -0.15) is 4.72 Å². The smallest absolute Gasteiger partial charge is 0.245 e. The number of amides is 1. The molecule has 0 spiro atoms. The lowest BCUT2D eigenvalue weighted by atomic mass is 9.71. The molecule has 2 aromatic rings. The van der Waals surface area contributed by atoms with Gasteiger partial charge in [0.15, 0.2) is 0 Å². The van der Waals surface area contributed by atoms with Crippen LogP contribution in [0, 0.1) is 5.92 Å². The third kappa shape index (κ3) is 4.67. The predicted octanol–water partition coefficient (Wildman–Crippen LogP) is 2.87. The molecule has 0 radical (unpaired) electrons. The second-order valence-corrected chi connectivity index (χ2v) is 10.4. The summed E-state index contributed by atoms with van der Waals surface area (Å²) in [5.74, 6) is 0.289. The normalized spacial score (nSPS) is 24.4. The monoisotopic (exact) mass is 458 g/mol. The third-order valence-electron chi connectivity index (χ3n) is 6.76. The van der Waals surface area contributed by atoms with Gasteiger partial charge >= 0.3 is 0 Å². The minimum atomic E-state index is -3.95. The van der Waals surface area contributed by atoms with Crippen LogP contribution in [-0.4, -0.2) is 50.1 Å². The number of carbonyl (C=O) groups is 1. The van der Waals surface area contributed by atoms with Crippen LogP contribution < -0.4 is 9.46 Å². The van der Waals surface area contributed by atoms with Crippen LogP contribution in [0.25, 0.3) is 0 Å². The molecule has 2 aliphatic rings. The molecular weight excluding hydrogens is 428 g/mol. The van der Waals surface area contributed by atoms with Crippen LogP contribution in [0.3, 0.4) is 0 Å². The first-order valence-electron chi connectivity index (χ1n) is 11.0. The number of nitrogens with one attached hydrogen (secondary N) is 1. The molecule has 32 heavy (non-hydrogen) atoms. The second kappa shape index (κ2) is 9.21. The number of nitrogens with zero attached hydrogens (tertiary/aromatic N) is 1. The Morgan fingerprint density at radius 1 is 1.12 bits per heavy atom. The topological polar surface area (TPSA) is 95.9 Å². The Balaban J connectivity index is 1.59. The van der Waals surface area contributed by atoms with Crippen molar-refractivity contribution in [3.63, 3.8) is 0 Å². The molecule has 2 N–H and O–H groups in total. The molecule has 1 saturated carbocycles. The minimum Gasteiger partial charge on any atom is -0.497 e. The highest BCUT2D eigenvalue weighted by Gasteiger charge is 2.45. The second-order valence-electron chi connectivity index (χ2n) is 8.72. The number of fused-ring (bicyclic) bond motifs is 1. The zero-order chi connectivity index (χ0) is 22.8. The Morgan fingerprint density at radius 3 is 2.53 bits per heavy atom. The molecule has 1 amide bonds. The van der Waals surface area contributed by atoms with E-state index in [2.05, 4.69) is 4.72 Å².